The molecule has 0 spiro atoms. The number of methoxy groups -OCH3 is 1. The molecule has 0 aliphatic rings. The fourth-order valence-corrected chi connectivity index (χ4v) is 2.96. The summed E-state index contributed by atoms with van der Waals surface area (Å²) in [5, 5.41) is 12.2. The molecule has 2 aromatic carbocycles. The third kappa shape index (κ3) is 7.36. The number of hydrogen-bond donors (Lipinski definition) is 2. The number of rotatable bonds is 9. The molecule has 0 radical (unpaired) electrons. The van der Waals surface area contributed by atoms with E-state index in [-0.39, 0.29) is 18.3 Å². The number of carbonyl (C=O) groups excluding carboxylic acids is 2. The molecule has 0 atom stereocenters. The zero-order valence-electron chi connectivity index (χ0n) is 15.8. The van der Waals surface area contributed by atoms with Gasteiger partial charge in [0.15, 0.2) is 18.1 Å². The minimum atomic E-state index is -0.628. The van der Waals surface area contributed by atoms with E-state index in [1.807, 2.05) is 31.2 Å². The van der Waals surface area contributed by atoms with Crippen molar-refractivity contribution in [1.29, 1.82) is 0 Å². The van der Waals surface area contributed by atoms with Crippen LogP contribution in [0.25, 0.3) is 6.08 Å². The Morgan fingerprint density at radius 3 is 2.64 bits per heavy atom. The van der Waals surface area contributed by atoms with Crippen LogP contribution in [0.5, 0.6) is 11.5 Å². The lowest BCUT2D eigenvalue weighted by Crippen LogP contribution is -2.30. The molecule has 0 saturated heterocycles. The first-order valence-corrected chi connectivity index (χ1v) is 9.64. The van der Waals surface area contributed by atoms with E-state index in [1.54, 1.807) is 23.9 Å². The van der Waals surface area contributed by atoms with Gasteiger partial charge in [0.05, 0.1) is 7.11 Å². The lowest BCUT2D eigenvalue weighted by atomic mass is 10.2. The Morgan fingerprint density at radius 2 is 1.93 bits per heavy atom. The second kappa shape index (κ2) is 11.0. The molecule has 0 aliphatic heterocycles. The zero-order valence-corrected chi connectivity index (χ0v) is 16.6. The zero-order chi connectivity index (χ0) is 20.4. The predicted octanol–water partition coefficient (Wildman–Crippen LogP) is 3.17. The Bertz CT molecular complexity index is 833. The van der Waals surface area contributed by atoms with Crippen molar-refractivity contribution in [3.63, 3.8) is 0 Å². The molecular weight excluding hydrogens is 378 g/mol. The molecule has 0 aliphatic carbocycles. The Hall–Kier alpha value is -2.93. The summed E-state index contributed by atoms with van der Waals surface area (Å²) in [6.45, 7) is 2.18. The molecule has 0 aromatic heterocycles. The summed E-state index contributed by atoms with van der Waals surface area (Å²) in [4.78, 5) is 24.6. The largest absolute Gasteiger partial charge is 0.504 e. The van der Waals surface area contributed by atoms with Gasteiger partial charge >= 0.3 is 5.97 Å². The Labute approximate surface area is 168 Å². The molecule has 1 amide bonds. The highest BCUT2D eigenvalue weighted by atomic mass is 32.2. The smallest absolute Gasteiger partial charge is 0.331 e. The van der Waals surface area contributed by atoms with Gasteiger partial charge in [0.1, 0.15) is 0 Å². The molecule has 2 rings (SSSR count). The number of esters is 1. The molecule has 0 bridgehead atoms. The maximum absolute atomic E-state index is 11.7. The number of aryl methyl sites for hydroxylation is 1. The lowest BCUT2D eigenvalue weighted by Gasteiger charge is -2.06. The van der Waals surface area contributed by atoms with Gasteiger partial charge in [0.25, 0.3) is 5.91 Å². The molecule has 0 saturated carbocycles. The fraction of sp³-hybridized carbons (Fsp3) is 0.238. The van der Waals surface area contributed by atoms with Crippen LogP contribution >= 0.6 is 11.8 Å². The number of aromatic hydroxyl groups is 1. The summed E-state index contributed by atoms with van der Waals surface area (Å²) in [5.41, 5.74) is 1.86. The Balaban J connectivity index is 1.66. The summed E-state index contributed by atoms with van der Waals surface area (Å²) >= 11 is 1.64. The van der Waals surface area contributed by atoms with E-state index in [9.17, 15) is 14.7 Å². The van der Waals surface area contributed by atoms with Gasteiger partial charge in [-0.1, -0.05) is 23.8 Å². The van der Waals surface area contributed by atoms with E-state index in [0.29, 0.717) is 17.9 Å². The van der Waals surface area contributed by atoms with Gasteiger partial charge in [-0.3, -0.25) is 4.79 Å². The van der Waals surface area contributed by atoms with Crippen molar-refractivity contribution >= 4 is 29.7 Å². The average molecular weight is 401 g/mol. The van der Waals surface area contributed by atoms with Gasteiger partial charge in [0.2, 0.25) is 0 Å². The van der Waals surface area contributed by atoms with Crippen molar-refractivity contribution in [2.24, 2.45) is 0 Å². The standard InChI is InChI=1S/C21H23NO5S/c1-15-3-7-17(8-4-15)28-12-11-22-20(24)14-27-21(25)10-6-16-5-9-18(23)19(13-16)26-2/h3-10,13,23H,11-12,14H2,1-2H3,(H,22,24)/b10-6+. The van der Waals surface area contributed by atoms with Crippen LogP contribution < -0.4 is 10.1 Å². The summed E-state index contributed by atoms with van der Waals surface area (Å²) in [7, 11) is 1.44. The molecule has 7 heteroatoms. The number of nitrogens with one attached hydrogen (secondary N) is 1. The molecule has 0 heterocycles. The van der Waals surface area contributed by atoms with Crippen LogP contribution in [0.2, 0.25) is 0 Å². The van der Waals surface area contributed by atoms with Gasteiger partial charge in [-0.25, -0.2) is 4.79 Å². The number of thioether (sulfide) groups is 1. The quantitative estimate of drug-likeness (QED) is 0.291. The van der Waals surface area contributed by atoms with Crippen molar-refractivity contribution in [3.05, 3.63) is 59.7 Å². The molecule has 28 heavy (non-hydrogen) atoms. The van der Waals surface area contributed by atoms with Gasteiger partial charge in [-0.05, 0) is 42.8 Å². The van der Waals surface area contributed by atoms with E-state index < -0.39 is 5.97 Å². The number of amides is 1. The fourth-order valence-electron chi connectivity index (χ4n) is 2.19. The van der Waals surface area contributed by atoms with Crippen molar-refractivity contribution in [2.45, 2.75) is 11.8 Å². The molecule has 6 nitrogen and oxygen atoms in total. The monoisotopic (exact) mass is 401 g/mol. The topological polar surface area (TPSA) is 84.9 Å². The second-order valence-corrected chi connectivity index (χ2v) is 7.05. The SMILES string of the molecule is COc1cc(/C=C/C(=O)OCC(=O)NCCSc2ccc(C)cc2)ccc1O. The van der Waals surface area contributed by atoms with Crippen LogP contribution in [0.1, 0.15) is 11.1 Å². The maximum atomic E-state index is 11.7. The normalized spacial score (nSPS) is 10.6. The summed E-state index contributed by atoms with van der Waals surface area (Å²) in [6, 6.07) is 12.8. The second-order valence-electron chi connectivity index (χ2n) is 5.88. The predicted molar refractivity (Wildman–Crippen MR) is 110 cm³/mol. The van der Waals surface area contributed by atoms with Crippen molar-refractivity contribution < 1.29 is 24.2 Å². The van der Waals surface area contributed by atoms with Crippen molar-refractivity contribution in [2.75, 3.05) is 26.0 Å². The van der Waals surface area contributed by atoms with E-state index in [1.165, 1.54) is 30.9 Å². The number of phenols is 1. The van der Waals surface area contributed by atoms with Crippen LogP contribution in [0.15, 0.2) is 53.4 Å². The first-order chi connectivity index (χ1) is 13.5. The Kier molecular flexibility index (Phi) is 8.42. The van der Waals surface area contributed by atoms with Gasteiger partial charge < -0.3 is 19.9 Å². The molecule has 148 valence electrons. The van der Waals surface area contributed by atoms with E-state index in [0.717, 1.165) is 10.6 Å². The molecule has 0 unspecified atom stereocenters. The number of benzene rings is 2. The first kappa shape index (κ1) is 21.4. The number of carbonyl (C=O) groups is 2. The highest BCUT2D eigenvalue weighted by Crippen LogP contribution is 2.26. The minimum Gasteiger partial charge on any atom is -0.504 e. The Morgan fingerprint density at radius 1 is 1.18 bits per heavy atom. The average Bonchev–Trinajstić information content (AvgIpc) is 2.70. The molecular formula is C21H23NO5S. The van der Waals surface area contributed by atoms with Crippen molar-refractivity contribution in [3.8, 4) is 11.5 Å². The number of ether oxygens (including phenoxy) is 2. The third-order valence-electron chi connectivity index (χ3n) is 3.68. The molecule has 2 aromatic rings. The van der Waals surface area contributed by atoms with Crippen LogP contribution in [0.4, 0.5) is 0 Å². The first-order valence-electron chi connectivity index (χ1n) is 8.66. The number of phenolic OH excluding ortho intramolecular Hbond substituents is 1. The van der Waals surface area contributed by atoms with E-state index in [4.69, 9.17) is 9.47 Å². The van der Waals surface area contributed by atoms with Crippen LogP contribution in [-0.4, -0.2) is 43.0 Å². The summed E-state index contributed by atoms with van der Waals surface area (Å²) in [5.74, 6) is 0.0670. The lowest BCUT2D eigenvalue weighted by molar-refractivity contribution is -0.143. The van der Waals surface area contributed by atoms with E-state index >= 15 is 0 Å². The minimum absolute atomic E-state index is 0.0134. The van der Waals surface area contributed by atoms with Gasteiger partial charge in [-0.15, -0.1) is 11.8 Å². The van der Waals surface area contributed by atoms with Crippen LogP contribution in [0.3, 0.4) is 0 Å². The highest BCUT2D eigenvalue weighted by Gasteiger charge is 2.05. The summed E-state index contributed by atoms with van der Waals surface area (Å²) < 4.78 is 9.91. The molecule has 0 fully saturated rings. The van der Waals surface area contributed by atoms with Gasteiger partial charge in [-0.2, -0.15) is 0 Å². The summed E-state index contributed by atoms with van der Waals surface area (Å²) in [6.07, 6.45) is 2.73. The van der Waals surface area contributed by atoms with Crippen LogP contribution in [0, 0.1) is 6.92 Å². The molecule has 2 N–H and O–H groups in total. The highest BCUT2D eigenvalue weighted by molar-refractivity contribution is 7.99. The van der Waals surface area contributed by atoms with Crippen LogP contribution in [-0.2, 0) is 14.3 Å². The van der Waals surface area contributed by atoms with E-state index in [2.05, 4.69) is 5.32 Å². The van der Waals surface area contributed by atoms with Gasteiger partial charge in [0, 0.05) is 23.3 Å². The third-order valence-corrected chi connectivity index (χ3v) is 4.69. The van der Waals surface area contributed by atoms with Crippen molar-refractivity contribution in [1.82, 2.24) is 5.32 Å². The maximum Gasteiger partial charge on any atom is 0.331 e. The number of hydrogen-bond acceptors (Lipinski definition) is 6.